The highest BCUT2D eigenvalue weighted by molar-refractivity contribution is 9.10. The van der Waals surface area contributed by atoms with Crippen molar-refractivity contribution in [2.75, 3.05) is 5.32 Å². The molecule has 0 aliphatic heterocycles. The van der Waals surface area contributed by atoms with Gasteiger partial charge in [0.2, 0.25) is 0 Å². The smallest absolute Gasteiger partial charge is 0.150 e. The van der Waals surface area contributed by atoms with Gasteiger partial charge >= 0.3 is 0 Å². The van der Waals surface area contributed by atoms with Gasteiger partial charge in [-0.1, -0.05) is 44.0 Å². The third-order valence-corrected chi connectivity index (χ3v) is 4.02. The van der Waals surface area contributed by atoms with Crippen LogP contribution in [-0.4, -0.2) is 0 Å². The van der Waals surface area contributed by atoms with Crippen LogP contribution in [0.3, 0.4) is 0 Å². The maximum Gasteiger partial charge on any atom is 0.150 e. The topological polar surface area (TPSA) is 12.0 Å². The van der Waals surface area contributed by atoms with Crippen LogP contribution in [0.15, 0.2) is 39.3 Å². The molecule has 0 saturated carbocycles. The summed E-state index contributed by atoms with van der Waals surface area (Å²) in [7, 11) is 0. The van der Waals surface area contributed by atoms with Crippen LogP contribution in [0.5, 0.6) is 0 Å². The number of benzene rings is 2. The maximum absolute atomic E-state index is 13.6. The van der Waals surface area contributed by atoms with Crippen LogP contribution in [0.4, 0.5) is 14.5 Å². The predicted molar refractivity (Wildman–Crippen MR) is 80.3 cm³/mol. The number of hydrogen-bond donors (Lipinski definition) is 1. The quantitative estimate of drug-likeness (QED) is 0.738. The minimum absolute atomic E-state index is 0.111. The van der Waals surface area contributed by atoms with E-state index in [4.69, 9.17) is 0 Å². The van der Waals surface area contributed by atoms with E-state index in [1.165, 1.54) is 12.1 Å². The lowest BCUT2D eigenvalue weighted by Gasteiger charge is -2.10. The monoisotopic (exact) mass is 389 g/mol. The molecule has 0 saturated heterocycles. The van der Waals surface area contributed by atoms with Crippen molar-refractivity contribution < 1.29 is 8.78 Å². The second-order valence-electron chi connectivity index (χ2n) is 4.18. The summed E-state index contributed by atoms with van der Waals surface area (Å²) in [5.74, 6) is -1.23. The van der Waals surface area contributed by atoms with Crippen molar-refractivity contribution in [1.82, 2.24) is 0 Å². The van der Waals surface area contributed by atoms with Crippen molar-refractivity contribution in [1.29, 1.82) is 0 Å². The number of rotatable bonds is 3. The van der Waals surface area contributed by atoms with Crippen molar-refractivity contribution >= 4 is 37.5 Å². The molecule has 0 fully saturated rings. The molecule has 0 heterocycles. The van der Waals surface area contributed by atoms with E-state index in [1.807, 2.05) is 25.1 Å². The van der Waals surface area contributed by atoms with Gasteiger partial charge in [0.25, 0.3) is 0 Å². The molecule has 0 aliphatic carbocycles. The fourth-order valence-electron chi connectivity index (χ4n) is 1.65. The van der Waals surface area contributed by atoms with E-state index in [0.717, 1.165) is 15.6 Å². The zero-order valence-corrected chi connectivity index (χ0v) is 13.3. The molecule has 1 N–H and O–H groups in total. The van der Waals surface area contributed by atoms with E-state index in [-0.39, 0.29) is 5.69 Å². The summed E-state index contributed by atoms with van der Waals surface area (Å²) in [5, 5.41) is 2.78. The van der Waals surface area contributed by atoms with E-state index in [1.54, 1.807) is 0 Å². The molecule has 0 aliphatic rings. The normalized spacial score (nSPS) is 10.6. The molecule has 2 aromatic rings. The minimum Gasteiger partial charge on any atom is -0.376 e. The Balaban J connectivity index is 2.16. The molecule has 0 amide bonds. The van der Waals surface area contributed by atoms with E-state index in [0.29, 0.717) is 11.0 Å². The van der Waals surface area contributed by atoms with E-state index >= 15 is 0 Å². The fourth-order valence-corrected chi connectivity index (χ4v) is 2.48. The van der Waals surface area contributed by atoms with Crippen LogP contribution in [0, 0.1) is 18.6 Å². The average molecular weight is 391 g/mol. The summed E-state index contributed by atoms with van der Waals surface area (Å²) in [5.41, 5.74) is 1.95. The Morgan fingerprint density at radius 3 is 2.26 bits per heavy atom. The van der Waals surface area contributed by atoms with Gasteiger partial charge in [0.15, 0.2) is 0 Å². The van der Waals surface area contributed by atoms with Gasteiger partial charge in [0.05, 0.1) is 0 Å². The predicted octanol–water partition coefficient (Wildman–Crippen LogP) is 5.41. The fraction of sp³-hybridized carbons (Fsp3) is 0.143. The van der Waals surface area contributed by atoms with Gasteiger partial charge in [-0.3, -0.25) is 0 Å². The van der Waals surface area contributed by atoms with Crippen LogP contribution in [0.25, 0.3) is 0 Å². The highest BCUT2D eigenvalue weighted by atomic mass is 79.9. The molecular weight excluding hydrogens is 380 g/mol. The number of aryl methyl sites for hydroxylation is 1. The van der Waals surface area contributed by atoms with Crippen LogP contribution in [0.2, 0.25) is 0 Å². The van der Waals surface area contributed by atoms with Crippen molar-refractivity contribution in [3.05, 3.63) is 62.0 Å². The molecule has 0 bridgehead atoms. The van der Waals surface area contributed by atoms with Crippen LogP contribution in [0.1, 0.15) is 11.1 Å². The van der Waals surface area contributed by atoms with Crippen molar-refractivity contribution in [3.63, 3.8) is 0 Å². The first-order valence-corrected chi connectivity index (χ1v) is 7.19. The molecule has 0 spiro atoms. The molecule has 5 heteroatoms. The average Bonchev–Trinajstić information content (AvgIpc) is 2.32. The van der Waals surface area contributed by atoms with Crippen molar-refractivity contribution in [2.24, 2.45) is 0 Å². The Labute approximate surface area is 127 Å². The first kappa shape index (κ1) is 14.5. The largest absolute Gasteiger partial charge is 0.376 e. The van der Waals surface area contributed by atoms with Gasteiger partial charge in [0.1, 0.15) is 17.3 Å². The number of anilines is 1. The molecule has 19 heavy (non-hydrogen) atoms. The Kier molecular flexibility index (Phi) is 4.58. The zero-order valence-electron chi connectivity index (χ0n) is 10.1. The first-order chi connectivity index (χ1) is 8.97. The molecule has 0 atom stereocenters. The lowest BCUT2D eigenvalue weighted by molar-refractivity contribution is 0.586. The van der Waals surface area contributed by atoms with E-state index in [9.17, 15) is 8.78 Å². The molecule has 2 rings (SSSR count). The second kappa shape index (κ2) is 6.01. The van der Waals surface area contributed by atoms with E-state index in [2.05, 4.69) is 37.2 Å². The SMILES string of the molecule is Cc1ccc(CNc2c(F)cc(Br)cc2F)cc1Br. The van der Waals surface area contributed by atoms with Gasteiger partial charge in [-0.05, 0) is 36.2 Å². The summed E-state index contributed by atoms with van der Waals surface area (Å²) in [6, 6.07) is 8.26. The molecule has 0 aromatic heterocycles. The van der Waals surface area contributed by atoms with Gasteiger partial charge in [-0.2, -0.15) is 0 Å². The molecule has 1 nitrogen and oxygen atoms in total. The highest BCUT2D eigenvalue weighted by Gasteiger charge is 2.10. The molecule has 2 aromatic carbocycles. The van der Waals surface area contributed by atoms with Crippen molar-refractivity contribution in [2.45, 2.75) is 13.5 Å². The molecular formula is C14H11Br2F2N. The summed E-state index contributed by atoms with van der Waals surface area (Å²) >= 11 is 6.48. The van der Waals surface area contributed by atoms with Crippen LogP contribution >= 0.6 is 31.9 Å². The summed E-state index contributed by atoms with van der Waals surface area (Å²) in [4.78, 5) is 0. The van der Waals surface area contributed by atoms with Crippen molar-refractivity contribution in [3.8, 4) is 0 Å². The van der Waals surface area contributed by atoms with Gasteiger partial charge < -0.3 is 5.32 Å². The third kappa shape index (κ3) is 3.54. The lowest BCUT2D eigenvalue weighted by Crippen LogP contribution is -2.04. The number of hydrogen-bond acceptors (Lipinski definition) is 1. The second-order valence-corrected chi connectivity index (χ2v) is 5.95. The molecule has 0 unspecified atom stereocenters. The first-order valence-electron chi connectivity index (χ1n) is 5.61. The summed E-state index contributed by atoms with van der Waals surface area (Å²) in [6.07, 6.45) is 0. The highest BCUT2D eigenvalue weighted by Crippen LogP contribution is 2.25. The van der Waals surface area contributed by atoms with E-state index < -0.39 is 11.6 Å². The van der Waals surface area contributed by atoms with Gasteiger partial charge in [-0.15, -0.1) is 0 Å². The Bertz CT molecular complexity index is 591. The zero-order chi connectivity index (χ0) is 14.0. The summed E-state index contributed by atoms with van der Waals surface area (Å²) in [6.45, 7) is 2.34. The van der Waals surface area contributed by atoms with Gasteiger partial charge in [0, 0.05) is 15.5 Å². The Hall–Kier alpha value is -0.940. The standard InChI is InChI=1S/C14H11Br2F2N/c1-8-2-3-9(4-11(8)16)7-19-14-12(17)5-10(15)6-13(14)18/h2-6,19H,7H2,1H3. The lowest BCUT2D eigenvalue weighted by atomic mass is 10.1. The van der Waals surface area contributed by atoms with Crippen LogP contribution in [-0.2, 0) is 6.54 Å². The summed E-state index contributed by atoms with van der Waals surface area (Å²) < 4.78 is 28.6. The minimum atomic E-state index is -0.613. The van der Waals surface area contributed by atoms with Gasteiger partial charge in [-0.25, -0.2) is 8.78 Å². The maximum atomic E-state index is 13.6. The third-order valence-electron chi connectivity index (χ3n) is 2.71. The van der Waals surface area contributed by atoms with Crippen LogP contribution < -0.4 is 5.32 Å². The Morgan fingerprint density at radius 1 is 1.05 bits per heavy atom. The number of nitrogens with one attached hydrogen (secondary N) is 1. The molecule has 100 valence electrons. The number of halogens is 4. The Morgan fingerprint density at radius 2 is 1.68 bits per heavy atom. The molecule has 0 radical (unpaired) electrons.